The molecule has 0 atom stereocenters. The average molecular weight is 169 g/mol. The molecule has 0 aromatic rings. The van der Waals surface area contributed by atoms with Crippen LogP contribution in [0.15, 0.2) is 0 Å². The number of likely N-dealkylation sites (tertiary alicyclic amines) is 1. The number of hydrogen-bond acceptors (Lipinski definition) is 1. The molecule has 1 saturated heterocycles. The van der Waals surface area contributed by atoms with Crippen molar-refractivity contribution in [2.24, 2.45) is 5.41 Å². The van der Waals surface area contributed by atoms with Gasteiger partial charge >= 0.3 is 0 Å². The van der Waals surface area contributed by atoms with Gasteiger partial charge in [0, 0.05) is 6.54 Å². The average Bonchev–Trinajstić information content (AvgIpc) is 2.73. The lowest BCUT2D eigenvalue weighted by Gasteiger charge is -2.13. The first-order valence-electron chi connectivity index (χ1n) is 5.57. The topological polar surface area (TPSA) is 3.24 Å². The van der Waals surface area contributed by atoms with Crippen LogP contribution in [0.25, 0.3) is 0 Å². The third-order valence-corrected chi connectivity index (χ3v) is 3.01. The van der Waals surface area contributed by atoms with Crippen molar-refractivity contribution in [1.82, 2.24) is 4.90 Å². The zero-order chi connectivity index (χ0) is 9.03. The van der Waals surface area contributed by atoms with Crippen LogP contribution < -0.4 is 0 Å². The molecule has 2 aliphatic rings. The second kappa shape index (κ2) is 4.27. The van der Waals surface area contributed by atoms with E-state index in [0.29, 0.717) is 0 Å². The van der Waals surface area contributed by atoms with E-state index in [1.54, 1.807) is 0 Å². The summed E-state index contributed by atoms with van der Waals surface area (Å²) in [6.07, 6.45) is 5.86. The molecular weight excluding hydrogens is 146 g/mol. The van der Waals surface area contributed by atoms with E-state index in [9.17, 15) is 0 Å². The molecule has 0 aromatic heterocycles. The van der Waals surface area contributed by atoms with Crippen molar-refractivity contribution in [2.45, 2.75) is 46.5 Å². The molecule has 0 unspecified atom stereocenters. The SMILES string of the molecule is CC.CCCN1CCC2(CC2)C1. The van der Waals surface area contributed by atoms with Crippen molar-refractivity contribution in [3.05, 3.63) is 0 Å². The molecule has 0 radical (unpaired) electrons. The van der Waals surface area contributed by atoms with Gasteiger partial charge in [0.05, 0.1) is 0 Å². The molecule has 1 heteroatoms. The Labute approximate surface area is 77.1 Å². The quantitative estimate of drug-likeness (QED) is 0.614. The smallest absolute Gasteiger partial charge is 0.00385 e. The highest BCUT2D eigenvalue weighted by atomic mass is 15.2. The first-order chi connectivity index (χ1) is 5.85. The second-order valence-corrected chi connectivity index (χ2v) is 4.03. The molecule has 2 fully saturated rings. The summed E-state index contributed by atoms with van der Waals surface area (Å²) >= 11 is 0. The molecule has 1 spiro atoms. The van der Waals surface area contributed by atoms with Crippen molar-refractivity contribution in [2.75, 3.05) is 19.6 Å². The van der Waals surface area contributed by atoms with E-state index in [1.807, 2.05) is 13.8 Å². The van der Waals surface area contributed by atoms with Crippen LogP contribution in [-0.2, 0) is 0 Å². The van der Waals surface area contributed by atoms with E-state index in [2.05, 4.69) is 11.8 Å². The normalized spacial score (nSPS) is 25.2. The standard InChI is InChI=1S/C9H17N.C2H6/c1-2-6-10-7-5-9(8-10)3-4-9;1-2/h2-8H2,1H3;1-2H3. The molecule has 1 saturated carbocycles. The Morgan fingerprint density at radius 1 is 1.17 bits per heavy atom. The van der Waals surface area contributed by atoms with Gasteiger partial charge in [-0.15, -0.1) is 0 Å². The molecule has 1 aliphatic carbocycles. The highest BCUT2D eigenvalue weighted by molar-refractivity contribution is 5.00. The van der Waals surface area contributed by atoms with Gasteiger partial charge in [0.2, 0.25) is 0 Å². The summed E-state index contributed by atoms with van der Waals surface area (Å²) in [6.45, 7) is 10.4. The maximum absolute atomic E-state index is 2.63. The third kappa shape index (κ3) is 2.22. The minimum Gasteiger partial charge on any atom is -0.303 e. The fourth-order valence-electron chi connectivity index (χ4n) is 2.12. The third-order valence-electron chi connectivity index (χ3n) is 3.01. The summed E-state index contributed by atoms with van der Waals surface area (Å²) in [5.74, 6) is 0. The van der Waals surface area contributed by atoms with E-state index in [0.717, 1.165) is 5.41 Å². The Bertz CT molecular complexity index is 127. The molecule has 12 heavy (non-hydrogen) atoms. The molecule has 1 nitrogen and oxygen atoms in total. The summed E-state index contributed by atoms with van der Waals surface area (Å²) in [4.78, 5) is 2.63. The predicted molar refractivity (Wildman–Crippen MR) is 54.4 cm³/mol. The molecular formula is C11H23N. The summed E-state index contributed by atoms with van der Waals surface area (Å²) in [6, 6.07) is 0. The lowest BCUT2D eigenvalue weighted by Crippen LogP contribution is -2.21. The van der Waals surface area contributed by atoms with E-state index >= 15 is 0 Å². The van der Waals surface area contributed by atoms with Crippen LogP contribution in [0.2, 0.25) is 0 Å². The van der Waals surface area contributed by atoms with Crippen molar-refractivity contribution >= 4 is 0 Å². The van der Waals surface area contributed by atoms with Crippen molar-refractivity contribution in [3.63, 3.8) is 0 Å². The Balaban J connectivity index is 0.000000336. The van der Waals surface area contributed by atoms with Crippen molar-refractivity contribution in [3.8, 4) is 0 Å². The van der Waals surface area contributed by atoms with Gasteiger partial charge < -0.3 is 4.90 Å². The highest BCUT2D eigenvalue weighted by Crippen LogP contribution is 2.52. The van der Waals surface area contributed by atoms with Gasteiger partial charge in [0.1, 0.15) is 0 Å². The Morgan fingerprint density at radius 2 is 1.83 bits per heavy atom. The van der Waals surface area contributed by atoms with E-state index in [-0.39, 0.29) is 0 Å². The number of rotatable bonds is 2. The maximum atomic E-state index is 2.63. The van der Waals surface area contributed by atoms with Gasteiger partial charge in [-0.05, 0) is 44.2 Å². The first-order valence-corrected chi connectivity index (χ1v) is 5.57. The fraction of sp³-hybridized carbons (Fsp3) is 1.00. The minimum absolute atomic E-state index is 0.842. The molecule has 1 heterocycles. The van der Waals surface area contributed by atoms with Gasteiger partial charge in [-0.25, -0.2) is 0 Å². The predicted octanol–water partition coefficient (Wildman–Crippen LogP) is 2.91. The Kier molecular flexibility index (Phi) is 3.57. The zero-order valence-electron chi connectivity index (χ0n) is 8.90. The fourth-order valence-corrected chi connectivity index (χ4v) is 2.12. The Hall–Kier alpha value is -0.0400. The molecule has 0 bridgehead atoms. The monoisotopic (exact) mass is 169 g/mol. The largest absolute Gasteiger partial charge is 0.303 e. The van der Waals surface area contributed by atoms with Gasteiger partial charge in [-0.2, -0.15) is 0 Å². The van der Waals surface area contributed by atoms with Crippen LogP contribution in [0.3, 0.4) is 0 Å². The van der Waals surface area contributed by atoms with Gasteiger partial charge in [0.25, 0.3) is 0 Å². The lowest BCUT2D eigenvalue weighted by atomic mass is 10.1. The molecule has 0 aromatic carbocycles. The maximum Gasteiger partial charge on any atom is 0.00385 e. The van der Waals surface area contributed by atoms with Crippen LogP contribution in [0.4, 0.5) is 0 Å². The van der Waals surface area contributed by atoms with Crippen molar-refractivity contribution < 1.29 is 0 Å². The second-order valence-electron chi connectivity index (χ2n) is 4.03. The zero-order valence-corrected chi connectivity index (χ0v) is 8.90. The minimum atomic E-state index is 0.842. The highest BCUT2D eigenvalue weighted by Gasteiger charge is 2.47. The van der Waals surface area contributed by atoms with Crippen molar-refractivity contribution in [1.29, 1.82) is 0 Å². The van der Waals surface area contributed by atoms with Crippen LogP contribution in [-0.4, -0.2) is 24.5 Å². The lowest BCUT2D eigenvalue weighted by molar-refractivity contribution is 0.321. The van der Waals surface area contributed by atoms with Crippen LogP contribution in [0, 0.1) is 5.41 Å². The molecule has 72 valence electrons. The molecule has 2 rings (SSSR count). The van der Waals surface area contributed by atoms with E-state index in [4.69, 9.17) is 0 Å². The van der Waals surface area contributed by atoms with Crippen LogP contribution in [0.1, 0.15) is 46.5 Å². The first kappa shape index (κ1) is 10.0. The van der Waals surface area contributed by atoms with Crippen LogP contribution in [0.5, 0.6) is 0 Å². The number of nitrogens with zero attached hydrogens (tertiary/aromatic N) is 1. The summed E-state index contributed by atoms with van der Waals surface area (Å²) in [5.41, 5.74) is 0.842. The Morgan fingerprint density at radius 3 is 2.25 bits per heavy atom. The van der Waals surface area contributed by atoms with Gasteiger partial charge in [0.15, 0.2) is 0 Å². The van der Waals surface area contributed by atoms with E-state index < -0.39 is 0 Å². The summed E-state index contributed by atoms with van der Waals surface area (Å²) in [7, 11) is 0. The van der Waals surface area contributed by atoms with E-state index in [1.165, 1.54) is 45.3 Å². The van der Waals surface area contributed by atoms with Crippen LogP contribution >= 0.6 is 0 Å². The van der Waals surface area contributed by atoms with Gasteiger partial charge in [-0.1, -0.05) is 20.8 Å². The molecule has 1 aliphatic heterocycles. The molecule has 0 amide bonds. The summed E-state index contributed by atoms with van der Waals surface area (Å²) < 4.78 is 0. The molecule has 0 N–H and O–H groups in total. The summed E-state index contributed by atoms with van der Waals surface area (Å²) in [5, 5.41) is 0. The number of hydrogen-bond donors (Lipinski definition) is 0. The van der Waals surface area contributed by atoms with Gasteiger partial charge in [-0.3, -0.25) is 0 Å².